The Bertz CT molecular complexity index is 1440. The van der Waals surface area contributed by atoms with Crippen LogP contribution < -0.4 is 16.2 Å². The number of pyridine rings is 1. The minimum atomic E-state index is -0.616. The van der Waals surface area contributed by atoms with E-state index in [-0.39, 0.29) is 17.4 Å². The number of hydrogen-bond donors (Lipinski definition) is 2. The molecule has 1 atom stereocenters. The van der Waals surface area contributed by atoms with E-state index in [0.29, 0.717) is 44.9 Å². The largest absolute Gasteiger partial charge is 0.336 e. The van der Waals surface area contributed by atoms with E-state index in [0.717, 1.165) is 37.8 Å². The van der Waals surface area contributed by atoms with Crippen molar-refractivity contribution in [1.29, 1.82) is 0 Å². The zero-order chi connectivity index (χ0) is 24.5. The molecule has 3 aromatic rings. The number of aromatic nitrogens is 3. The third-order valence-corrected chi connectivity index (χ3v) is 8.57. The van der Waals surface area contributed by atoms with E-state index in [1.165, 1.54) is 17.7 Å². The predicted molar refractivity (Wildman–Crippen MR) is 133 cm³/mol. The zero-order valence-corrected chi connectivity index (χ0v) is 20.7. The van der Waals surface area contributed by atoms with Gasteiger partial charge in [0.25, 0.3) is 17.4 Å². The average Bonchev–Trinajstić information content (AvgIpc) is 3.52. The topological polar surface area (TPSA) is 112 Å². The molecule has 5 heterocycles. The van der Waals surface area contributed by atoms with Gasteiger partial charge in [-0.25, -0.2) is 9.97 Å². The van der Waals surface area contributed by atoms with Gasteiger partial charge in [-0.2, -0.15) is 0 Å². The molecule has 0 radical (unpaired) electrons. The van der Waals surface area contributed by atoms with Crippen molar-refractivity contribution in [2.24, 2.45) is 0 Å². The van der Waals surface area contributed by atoms with E-state index in [4.69, 9.17) is 0 Å². The Balaban J connectivity index is 1.34. The molecule has 3 aromatic heterocycles. The summed E-state index contributed by atoms with van der Waals surface area (Å²) in [5.74, 6) is 0.262. The van der Waals surface area contributed by atoms with Crippen molar-refractivity contribution in [3.8, 4) is 0 Å². The third kappa shape index (κ3) is 3.36. The SMILES string of the molecule is Cc1cc(Nc2ncnc3sc(C(=O)N4CCC(N(C)C)C4)cc23)c(=O)n2c1C(=O)NC21CCC1. The summed E-state index contributed by atoms with van der Waals surface area (Å²) < 4.78 is 1.62. The van der Waals surface area contributed by atoms with Gasteiger partial charge >= 0.3 is 0 Å². The summed E-state index contributed by atoms with van der Waals surface area (Å²) in [4.78, 5) is 53.3. The summed E-state index contributed by atoms with van der Waals surface area (Å²) in [6.07, 6.45) is 4.84. The maximum absolute atomic E-state index is 13.5. The zero-order valence-electron chi connectivity index (χ0n) is 19.9. The molecule has 2 amide bonds. The van der Waals surface area contributed by atoms with E-state index in [1.807, 2.05) is 32.0 Å². The predicted octanol–water partition coefficient (Wildman–Crippen LogP) is 2.26. The lowest BCUT2D eigenvalue weighted by molar-refractivity contribution is 0.0780. The van der Waals surface area contributed by atoms with Crippen LogP contribution in [0.1, 0.15) is 51.4 Å². The average molecular weight is 494 g/mol. The second-order valence-corrected chi connectivity index (χ2v) is 10.9. The molecule has 2 fully saturated rings. The van der Waals surface area contributed by atoms with Crippen LogP contribution in [0.2, 0.25) is 0 Å². The van der Waals surface area contributed by atoms with Crippen molar-refractivity contribution in [2.75, 3.05) is 32.5 Å². The van der Waals surface area contributed by atoms with E-state index < -0.39 is 5.66 Å². The second kappa shape index (κ2) is 7.85. The Morgan fingerprint density at radius 3 is 2.74 bits per heavy atom. The lowest BCUT2D eigenvalue weighted by atomic mass is 9.85. The number of rotatable bonds is 4. The van der Waals surface area contributed by atoms with Gasteiger partial charge in [-0.05, 0) is 64.4 Å². The summed E-state index contributed by atoms with van der Waals surface area (Å²) in [6.45, 7) is 3.27. The quantitative estimate of drug-likeness (QED) is 0.573. The second-order valence-electron chi connectivity index (χ2n) is 9.90. The molecule has 10 nitrogen and oxygen atoms in total. The van der Waals surface area contributed by atoms with Gasteiger partial charge < -0.3 is 20.4 Å². The van der Waals surface area contributed by atoms with Gasteiger partial charge in [0, 0.05) is 19.1 Å². The highest BCUT2D eigenvalue weighted by Crippen LogP contribution is 2.41. The number of aryl methyl sites for hydroxylation is 1. The summed E-state index contributed by atoms with van der Waals surface area (Å²) in [7, 11) is 4.07. The highest BCUT2D eigenvalue weighted by molar-refractivity contribution is 7.20. The molecule has 182 valence electrons. The molecule has 0 aromatic carbocycles. The van der Waals surface area contributed by atoms with Gasteiger partial charge in [0.1, 0.15) is 34.0 Å². The Labute approximate surface area is 206 Å². The molecule has 3 aliphatic rings. The van der Waals surface area contributed by atoms with E-state index >= 15 is 0 Å². The fourth-order valence-electron chi connectivity index (χ4n) is 5.40. The molecule has 1 aliphatic carbocycles. The number of nitrogens with zero attached hydrogens (tertiary/aromatic N) is 5. The Kier molecular flexibility index (Phi) is 4.98. The lowest BCUT2D eigenvalue weighted by Crippen LogP contribution is -2.52. The molecule has 1 saturated carbocycles. The number of thiophene rings is 1. The first-order valence-electron chi connectivity index (χ1n) is 11.8. The van der Waals surface area contributed by atoms with Crippen LogP contribution in [0, 0.1) is 6.92 Å². The number of fused-ring (bicyclic) bond motifs is 3. The summed E-state index contributed by atoms with van der Waals surface area (Å²) in [5.41, 5.74) is 0.632. The first-order valence-corrected chi connectivity index (χ1v) is 12.7. The Hall–Kier alpha value is -3.31. The number of carbonyl (C=O) groups is 2. The first kappa shape index (κ1) is 22.2. The van der Waals surface area contributed by atoms with Crippen LogP contribution in [-0.4, -0.2) is 69.4 Å². The molecule has 6 rings (SSSR count). The number of likely N-dealkylation sites (N-methyl/N-ethyl adjacent to an activating group) is 1. The summed E-state index contributed by atoms with van der Waals surface area (Å²) in [6, 6.07) is 3.87. The Morgan fingerprint density at radius 1 is 1.26 bits per heavy atom. The number of carbonyl (C=O) groups excluding carboxylic acids is 2. The molecule has 2 aliphatic heterocycles. The minimum Gasteiger partial charge on any atom is -0.336 e. The standard InChI is InChI=1S/C24H27N7O3S/c1-13-9-16(22(33)31-18(13)20(32)28-24(31)6-4-7-24)27-19-15-10-17(35-21(15)26-12-25-19)23(34)30-8-5-14(11-30)29(2)3/h9-10,12,14H,4-8,11H2,1-3H3,(H,28,32)(H,25,26,27). The van der Waals surface area contributed by atoms with Gasteiger partial charge in [-0.15, -0.1) is 11.3 Å². The van der Waals surface area contributed by atoms with Crippen molar-refractivity contribution in [1.82, 2.24) is 29.7 Å². The van der Waals surface area contributed by atoms with Crippen LogP contribution in [-0.2, 0) is 5.66 Å². The van der Waals surface area contributed by atoms with Crippen molar-refractivity contribution in [3.63, 3.8) is 0 Å². The maximum atomic E-state index is 13.5. The van der Waals surface area contributed by atoms with Gasteiger partial charge in [0.15, 0.2) is 0 Å². The van der Waals surface area contributed by atoms with Crippen molar-refractivity contribution >= 4 is 44.9 Å². The number of nitrogens with one attached hydrogen (secondary N) is 2. The normalized spacial score (nSPS) is 20.4. The Morgan fingerprint density at radius 2 is 2.06 bits per heavy atom. The van der Waals surface area contributed by atoms with Crippen LogP contribution in [0.15, 0.2) is 23.3 Å². The molecule has 2 N–H and O–H groups in total. The van der Waals surface area contributed by atoms with Crippen LogP contribution in [0.4, 0.5) is 11.5 Å². The van der Waals surface area contributed by atoms with Gasteiger partial charge in [-0.1, -0.05) is 0 Å². The number of anilines is 2. The number of hydrogen-bond acceptors (Lipinski definition) is 8. The van der Waals surface area contributed by atoms with Gasteiger partial charge in [-0.3, -0.25) is 19.0 Å². The summed E-state index contributed by atoms with van der Waals surface area (Å²) >= 11 is 1.33. The lowest BCUT2D eigenvalue weighted by Gasteiger charge is -2.39. The molecular formula is C24H27N7O3S. The fraction of sp³-hybridized carbons (Fsp3) is 0.458. The molecule has 1 spiro atoms. The minimum absolute atomic E-state index is 0.00624. The van der Waals surface area contributed by atoms with E-state index in [9.17, 15) is 14.4 Å². The molecule has 0 bridgehead atoms. The van der Waals surface area contributed by atoms with Gasteiger partial charge in [0.05, 0.1) is 10.3 Å². The van der Waals surface area contributed by atoms with E-state index in [2.05, 4.69) is 25.5 Å². The van der Waals surface area contributed by atoms with E-state index in [1.54, 1.807) is 10.6 Å². The highest BCUT2D eigenvalue weighted by Gasteiger charge is 2.48. The summed E-state index contributed by atoms with van der Waals surface area (Å²) in [5, 5.41) is 6.89. The molecule has 1 saturated heterocycles. The van der Waals surface area contributed by atoms with Crippen LogP contribution in [0.5, 0.6) is 0 Å². The van der Waals surface area contributed by atoms with Crippen LogP contribution in [0.25, 0.3) is 10.2 Å². The van der Waals surface area contributed by atoms with Crippen molar-refractivity contribution < 1.29 is 9.59 Å². The highest BCUT2D eigenvalue weighted by atomic mass is 32.1. The fourth-order valence-corrected chi connectivity index (χ4v) is 6.37. The molecule has 11 heteroatoms. The van der Waals surface area contributed by atoms with Crippen LogP contribution >= 0.6 is 11.3 Å². The molecule has 35 heavy (non-hydrogen) atoms. The van der Waals surface area contributed by atoms with Crippen molar-refractivity contribution in [3.05, 3.63) is 44.9 Å². The first-order chi connectivity index (χ1) is 16.8. The number of likely N-dealkylation sites (tertiary alicyclic amines) is 1. The third-order valence-electron chi connectivity index (χ3n) is 7.54. The van der Waals surface area contributed by atoms with Gasteiger partial charge in [0.2, 0.25) is 0 Å². The molecular weight excluding hydrogens is 466 g/mol. The smallest absolute Gasteiger partial charge is 0.276 e. The monoisotopic (exact) mass is 493 g/mol. The van der Waals surface area contributed by atoms with Crippen LogP contribution in [0.3, 0.4) is 0 Å². The maximum Gasteiger partial charge on any atom is 0.276 e. The number of amides is 2. The molecule has 1 unspecified atom stereocenters. The van der Waals surface area contributed by atoms with Crippen molar-refractivity contribution in [2.45, 2.75) is 44.3 Å².